The second kappa shape index (κ2) is 5.24. The van der Waals surface area contributed by atoms with Crippen LogP contribution in [0.2, 0.25) is 0 Å². The Hall–Kier alpha value is -2.14. The van der Waals surface area contributed by atoms with Gasteiger partial charge in [-0.15, -0.1) is 0 Å². The maximum Gasteiger partial charge on any atom is 0.231 e. The Balaban J connectivity index is 1.65. The summed E-state index contributed by atoms with van der Waals surface area (Å²) in [5.41, 5.74) is 1.86. The average Bonchev–Trinajstić information content (AvgIpc) is 2.93. The van der Waals surface area contributed by atoms with Crippen LogP contribution in [0.5, 0.6) is 11.5 Å². The minimum Gasteiger partial charge on any atom is -0.454 e. The van der Waals surface area contributed by atoms with E-state index in [4.69, 9.17) is 21.7 Å². The van der Waals surface area contributed by atoms with Gasteiger partial charge >= 0.3 is 0 Å². The van der Waals surface area contributed by atoms with Gasteiger partial charge in [0.05, 0.1) is 5.69 Å². The Morgan fingerprint density at radius 2 is 2.11 bits per heavy atom. The van der Waals surface area contributed by atoms with Gasteiger partial charge in [-0.1, -0.05) is 24.4 Å². The van der Waals surface area contributed by atoms with Crippen LogP contribution in [0.15, 0.2) is 42.6 Å². The predicted octanol–water partition coefficient (Wildman–Crippen LogP) is 2.28. The van der Waals surface area contributed by atoms with Crippen molar-refractivity contribution in [2.75, 3.05) is 6.79 Å². The third-order valence-electron chi connectivity index (χ3n) is 2.79. The van der Waals surface area contributed by atoms with E-state index in [1.807, 2.05) is 36.4 Å². The second-order valence-electron chi connectivity index (χ2n) is 4.09. The summed E-state index contributed by atoms with van der Waals surface area (Å²) >= 11 is 5.29. The minimum atomic E-state index is 0.290. The second-order valence-corrected chi connectivity index (χ2v) is 4.49. The predicted molar refractivity (Wildman–Crippen MR) is 75.3 cm³/mol. The van der Waals surface area contributed by atoms with Gasteiger partial charge in [-0.2, -0.15) is 0 Å². The van der Waals surface area contributed by atoms with E-state index in [-0.39, 0.29) is 0 Å². The quantitative estimate of drug-likeness (QED) is 0.868. The summed E-state index contributed by atoms with van der Waals surface area (Å²) in [7, 11) is 0. The van der Waals surface area contributed by atoms with Crippen molar-refractivity contribution in [2.45, 2.75) is 6.54 Å². The fraction of sp³-hybridized carbons (Fsp3) is 0.143. The molecule has 0 saturated heterocycles. The van der Waals surface area contributed by atoms with Gasteiger partial charge in [0, 0.05) is 12.7 Å². The molecule has 3 rings (SSSR count). The Morgan fingerprint density at radius 3 is 2.95 bits per heavy atom. The van der Waals surface area contributed by atoms with Crippen LogP contribution in [-0.4, -0.2) is 16.8 Å². The van der Waals surface area contributed by atoms with Crippen LogP contribution >= 0.6 is 12.2 Å². The zero-order valence-corrected chi connectivity index (χ0v) is 10.9. The molecule has 0 aliphatic carbocycles. The summed E-state index contributed by atoms with van der Waals surface area (Å²) in [4.78, 5) is 4.84. The highest BCUT2D eigenvalue weighted by atomic mass is 32.1. The van der Waals surface area contributed by atoms with E-state index in [0.29, 0.717) is 18.3 Å². The van der Waals surface area contributed by atoms with Crippen molar-refractivity contribution in [2.24, 2.45) is 0 Å². The van der Waals surface area contributed by atoms with Gasteiger partial charge in [0.2, 0.25) is 6.79 Å². The van der Waals surface area contributed by atoms with Gasteiger partial charge < -0.3 is 14.8 Å². The number of fused-ring (bicyclic) bond motifs is 1. The van der Waals surface area contributed by atoms with Crippen LogP contribution in [-0.2, 0) is 6.54 Å². The fourth-order valence-corrected chi connectivity index (χ4v) is 2.01. The molecule has 1 aromatic heterocycles. The van der Waals surface area contributed by atoms with Gasteiger partial charge in [0.1, 0.15) is 4.99 Å². The van der Waals surface area contributed by atoms with Crippen LogP contribution in [0, 0.1) is 0 Å². The van der Waals surface area contributed by atoms with Gasteiger partial charge in [-0.25, -0.2) is 0 Å². The standard InChI is InChI=1S/C14H12N2O2S/c19-14(11-3-1-2-6-15-11)16-8-10-4-5-12-13(7-10)18-9-17-12/h1-7H,8-9H2,(H,16,19). The molecule has 1 N–H and O–H groups in total. The van der Waals surface area contributed by atoms with E-state index in [1.54, 1.807) is 6.20 Å². The van der Waals surface area contributed by atoms with Crippen LogP contribution < -0.4 is 14.8 Å². The van der Waals surface area contributed by atoms with Gasteiger partial charge in [-0.3, -0.25) is 4.98 Å². The smallest absolute Gasteiger partial charge is 0.231 e. The lowest BCUT2D eigenvalue weighted by Crippen LogP contribution is -2.22. The Morgan fingerprint density at radius 1 is 1.21 bits per heavy atom. The largest absolute Gasteiger partial charge is 0.454 e. The summed E-state index contributed by atoms with van der Waals surface area (Å²) in [6.07, 6.45) is 1.73. The van der Waals surface area contributed by atoms with E-state index in [0.717, 1.165) is 22.8 Å². The summed E-state index contributed by atoms with van der Waals surface area (Å²) in [5.74, 6) is 1.57. The Labute approximate surface area is 116 Å². The van der Waals surface area contributed by atoms with Crippen LogP contribution in [0.4, 0.5) is 0 Å². The SMILES string of the molecule is S=C(NCc1ccc2c(c1)OCO2)c1ccccn1. The van der Waals surface area contributed by atoms with Crippen molar-refractivity contribution in [3.05, 3.63) is 53.9 Å². The molecule has 96 valence electrons. The molecule has 1 aromatic carbocycles. The van der Waals surface area contributed by atoms with Crippen molar-refractivity contribution in [3.8, 4) is 11.5 Å². The third-order valence-corrected chi connectivity index (χ3v) is 3.14. The monoisotopic (exact) mass is 272 g/mol. The molecule has 0 amide bonds. The average molecular weight is 272 g/mol. The first-order chi connectivity index (χ1) is 9.33. The highest BCUT2D eigenvalue weighted by Gasteiger charge is 2.13. The Kier molecular flexibility index (Phi) is 3.29. The van der Waals surface area contributed by atoms with Crippen molar-refractivity contribution in [3.63, 3.8) is 0 Å². The summed E-state index contributed by atoms with van der Waals surface area (Å²) in [5, 5.41) is 3.18. The molecule has 0 bridgehead atoms. The van der Waals surface area contributed by atoms with E-state index in [9.17, 15) is 0 Å². The molecule has 2 aromatic rings. The van der Waals surface area contributed by atoms with Gasteiger partial charge in [0.15, 0.2) is 11.5 Å². The first-order valence-electron chi connectivity index (χ1n) is 5.91. The lowest BCUT2D eigenvalue weighted by atomic mass is 10.2. The van der Waals surface area contributed by atoms with Crippen LogP contribution in [0.3, 0.4) is 0 Å². The first-order valence-corrected chi connectivity index (χ1v) is 6.31. The minimum absolute atomic E-state index is 0.290. The molecule has 1 aliphatic heterocycles. The molecular formula is C14H12N2O2S. The molecular weight excluding hydrogens is 260 g/mol. The van der Waals surface area contributed by atoms with Crippen molar-refractivity contribution in [1.82, 2.24) is 10.3 Å². The molecule has 0 atom stereocenters. The molecule has 19 heavy (non-hydrogen) atoms. The molecule has 0 saturated carbocycles. The van der Waals surface area contributed by atoms with Gasteiger partial charge in [-0.05, 0) is 29.8 Å². The Bertz CT molecular complexity index is 602. The lowest BCUT2D eigenvalue weighted by molar-refractivity contribution is 0.174. The zero-order chi connectivity index (χ0) is 13.1. The molecule has 0 spiro atoms. The molecule has 0 fully saturated rings. The van der Waals surface area contributed by atoms with E-state index >= 15 is 0 Å². The molecule has 4 nitrogen and oxygen atoms in total. The van der Waals surface area contributed by atoms with Crippen molar-refractivity contribution in [1.29, 1.82) is 0 Å². The topological polar surface area (TPSA) is 43.4 Å². The fourth-order valence-electron chi connectivity index (χ4n) is 1.82. The molecule has 5 heteroatoms. The number of thiocarbonyl (C=S) groups is 1. The molecule has 2 heterocycles. The number of ether oxygens (including phenoxy) is 2. The van der Waals surface area contributed by atoms with Crippen molar-refractivity contribution >= 4 is 17.2 Å². The zero-order valence-electron chi connectivity index (χ0n) is 10.1. The van der Waals surface area contributed by atoms with Crippen LogP contribution in [0.1, 0.15) is 11.3 Å². The summed E-state index contributed by atoms with van der Waals surface area (Å²) < 4.78 is 10.6. The first kappa shape index (κ1) is 11.9. The number of hydrogen-bond acceptors (Lipinski definition) is 4. The number of nitrogens with one attached hydrogen (secondary N) is 1. The number of pyridine rings is 1. The van der Waals surface area contributed by atoms with Gasteiger partial charge in [0.25, 0.3) is 0 Å². The summed E-state index contributed by atoms with van der Waals surface area (Å²) in [6, 6.07) is 11.5. The van der Waals surface area contributed by atoms with Crippen LogP contribution in [0.25, 0.3) is 0 Å². The maximum atomic E-state index is 5.34. The highest BCUT2D eigenvalue weighted by molar-refractivity contribution is 7.80. The lowest BCUT2D eigenvalue weighted by Gasteiger charge is -2.07. The normalized spacial score (nSPS) is 12.2. The summed E-state index contributed by atoms with van der Waals surface area (Å²) in [6.45, 7) is 0.921. The van der Waals surface area contributed by atoms with E-state index in [1.165, 1.54) is 0 Å². The number of rotatable bonds is 3. The third kappa shape index (κ3) is 2.66. The highest BCUT2D eigenvalue weighted by Crippen LogP contribution is 2.32. The molecule has 1 aliphatic rings. The number of hydrogen-bond donors (Lipinski definition) is 1. The van der Waals surface area contributed by atoms with Crippen molar-refractivity contribution < 1.29 is 9.47 Å². The van der Waals surface area contributed by atoms with E-state index in [2.05, 4.69) is 10.3 Å². The molecule has 0 unspecified atom stereocenters. The molecule has 0 radical (unpaired) electrons. The van der Waals surface area contributed by atoms with E-state index < -0.39 is 0 Å². The number of aromatic nitrogens is 1. The number of benzene rings is 1. The number of nitrogens with zero attached hydrogens (tertiary/aromatic N) is 1. The maximum absolute atomic E-state index is 5.34.